The van der Waals surface area contributed by atoms with Crippen molar-refractivity contribution in [2.24, 2.45) is 5.92 Å². The van der Waals surface area contributed by atoms with Crippen molar-refractivity contribution < 1.29 is 22.8 Å². The standard InChI is InChI=1S/C17H17F3N4O2/c18-17(19,20)13-2-1-3-14(8-13)24-16(26)12(9-21)10-23-15(25)11-4-6-22-7-5-11/h1-3,8,10-11,22H,4-7H2,(H,23,25)(H,24,26)/b12-10-. The van der Waals surface area contributed by atoms with E-state index in [4.69, 9.17) is 5.26 Å². The average Bonchev–Trinajstić information content (AvgIpc) is 2.62. The molecule has 1 fully saturated rings. The zero-order valence-electron chi connectivity index (χ0n) is 13.7. The Morgan fingerprint density at radius 2 is 1.96 bits per heavy atom. The number of piperidine rings is 1. The Morgan fingerprint density at radius 3 is 2.58 bits per heavy atom. The Hall–Kier alpha value is -2.86. The Balaban J connectivity index is 2.02. The van der Waals surface area contributed by atoms with Crippen LogP contribution in [0.5, 0.6) is 0 Å². The third kappa shape index (κ3) is 5.32. The molecule has 1 aliphatic rings. The molecular formula is C17H17F3N4O2. The highest BCUT2D eigenvalue weighted by Gasteiger charge is 2.30. The summed E-state index contributed by atoms with van der Waals surface area (Å²) in [6, 6.07) is 5.68. The second-order valence-corrected chi connectivity index (χ2v) is 5.74. The lowest BCUT2D eigenvalue weighted by atomic mass is 9.97. The molecule has 1 saturated heterocycles. The molecule has 1 aromatic carbocycles. The fourth-order valence-electron chi connectivity index (χ4n) is 2.47. The molecule has 26 heavy (non-hydrogen) atoms. The van der Waals surface area contributed by atoms with Gasteiger partial charge in [-0.2, -0.15) is 18.4 Å². The minimum Gasteiger partial charge on any atom is -0.331 e. The van der Waals surface area contributed by atoms with Gasteiger partial charge < -0.3 is 16.0 Å². The van der Waals surface area contributed by atoms with Crippen LogP contribution < -0.4 is 16.0 Å². The third-order valence-corrected chi connectivity index (χ3v) is 3.88. The summed E-state index contributed by atoms with van der Waals surface area (Å²) < 4.78 is 38.1. The Kier molecular flexibility index (Phi) is 6.36. The van der Waals surface area contributed by atoms with Gasteiger partial charge in [0.05, 0.1) is 5.56 Å². The Bertz CT molecular complexity index is 747. The number of anilines is 1. The molecule has 1 aliphatic heterocycles. The number of halogens is 3. The lowest BCUT2D eigenvalue weighted by Gasteiger charge is -2.20. The molecule has 0 saturated carbocycles. The van der Waals surface area contributed by atoms with Crippen LogP contribution in [0.1, 0.15) is 18.4 Å². The number of carbonyl (C=O) groups is 2. The number of carbonyl (C=O) groups excluding carboxylic acids is 2. The Morgan fingerprint density at radius 1 is 1.27 bits per heavy atom. The van der Waals surface area contributed by atoms with Crippen LogP contribution in [0.4, 0.5) is 18.9 Å². The SMILES string of the molecule is N#C/C(=C/NC(=O)C1CCNCC1)C(=O)Nc1cccc(C(F)(F)F)c1. The van der Waals surface area contributed by atoms with Crippen molar-refractivity contribution in [1.29, 1.82) is 5.26 Å². The highest BCUT2D eigenvalue weighted by Crippen LogP contribution is 2.30. The second kappa shape index (κ2) is 8.49. The molecule has 0 spiro atoms. The van der Waals surface area contributed by atoms with Gasteiger partial charge in [-0.05, 0) is 44.1 Å². The fraction of sp³-hybridized carbons (Fsp3) is 0.353. The van der Waals surface area contributed by atoms with Crippen LogP contribution in [0.3, 0.4) is 0 Å². The lowest BCUT2D eigenvalue weighted by molar-refractivity contribution is -0.137. The van der Waals surface area contributed by atoms with Crippen molar-refractivity contribution in [3.8, 4) is 6.07 Å². The van der Waals surface area contributed by atoms with Crippen LogP contribution in [-0.4, -0.2) is 24.9 Å². The summed E-state index contributed by atoms with van der Waals surface area (Å²) in [5.74, 6) is -1.41. The highest BCUT2D eigenvalue weighted by molar-refractivity contribution is 6.06. The number of nitriles is 1. The van der Waals surface area contributed by atoms with Crippen LogP contribution in [0.25, 0.3) is 0 Å². The molecule has 0 aliphatic carbocycles. The summed E-state index contributed by atoms with van der Waals surface area (Å²) in [6.07, 6.45) is -2.26. The monoisotopic (exact) mass is 366 g/mol. The first-order chi connectivity index (χ1) is 12.3. The van der Waals surface area contributed by atoms with Gasteiger partial charge in [0.2, 0.25) is 5.91 Å². The van der Waals surface area contributed by atoms with Crippen molar-refractivity contribution in [2.75, 3.05) is 18.4 Å². The van der Waals surface area contributed by atoms with Crippen LogP contribution >= 0.6 is 0 Å². The van der Waals surface area contributed by atoms with Gasteiger partial charge in [0.1, 0.15) is 11.6 Å². The number of alkyl halides is 3. The normalized spacial score (nSPS) is 15.8. The van der Waals surface area contributed by atoms with E-state index in [1.54, 1.807) is 6.07 Å². The van der Waals surface area contributed by atoms with Crippen LogP contribution in [-0.2, 0) is 15.8 Å². The van der Waals surface area contributed by atoms with Gasteiger partial charge in [0.15, 0.2) is 0 Å². The predicted molar refractivity (Wildman–Crippen MR) is 87.5 cm³/mol. The molecule has 0 bridgehead atoms. The van der Waals surface area contributed by atoms with E-state index < -0.39 is 23.2 Å². The zero-order valence-corrected chi connectivity index (χ0v) is 13.7. The lowest BCUT2D eigenvalue weighted by Crippen LogP contribution is -2.36. The largest absolute Gasteiger partial charge is 0.416 e. The zero-order chi connectivity index (χ0) is 19.2. The molecule has 2 rings (SSSR count). The first kappa shape index (κ1) is 19.5. The molecule has 6 nitrogen and oxygen atoms in total. The summed E-state index contributed by atoms with van der Waals surface area (Å²) >= 11 is 0. The first-order valence-electron chi connectivity index (χ1n) is 7.91. The maximum Gasteiger partial charge on any atom is 0.416 e. The van der Waals surface area contributed by atoms with Crippen LogP contribution in [0.15, 0.2) is 36.0 Å². The van der Waals surface area contributed by atoms with E-state index in [2.05, 4.69) is 16.0 Å². The summed E-state index contributed by atoms with van der Waals surface area (Å²) in [6.45, 7) is 1.42. The molecule has 1 aromatic rings. The van der Waals surface area contributed by atoms with Gasteiger partial charge in [-0.3, -0.25) is 9.59 Å². The van der Waals surface area contributed by atoms with Crippen LogP contribution in [0, 0.1) is 17.2 Å². The smallest absolute Gasteiger partial charge is 0.331 e. The second-order valence-electron chi connectivity index (χ2n) is 5.74. The van der Waals surface area contributed by atoms with Crippen molar-refractivity contribution in [3.05, 3.63) is 41.6 Å². The quantitative estimate of drug-likeness (QED) is 0.562. The number of nitrogens with zero attached hydrogens (tertiary/aromatic N) is 1. The summed E-state index contributed by atoms with van der Waals surface area (Å²) in [4.78, 5) is 24.1. The van der Waals surface area contributed by atoms with Crippen molar-refractivity contribution in [2.45, 2.75) is 19.0 Å². The maximum atomic E-state index is 12.7. The maximum absolute atomic E-state index is 12.7. The van der Waals surface area contributed by atoms with Crippen molar-refractivity contribution >= 4 is 17.5 Å². The highest BCUT2D eigenvalue weighted by atomic mass is 19.4. The summed E-state index contributed by atoms with van der Waals surface area (Å²) in [5, 5.41) is 16.8. The van der Waals surface area contributed by atoms with Gasteiger partial charge in [-0.1, -0.05) is 6.07 Å². The van der Waals surface area contributed by atoms with E-state index in [-0.39, 0.29) is 17.5 Å². The van der Waals surface area contributed by atoms with Crippen LogP contribution in [0.2, 0.25) is 0 Å². The van der Waals surface area contributed by atoms with E-state index in [1.165, 1.54) is 6.07 Å². The van der Waals surface area contributed by atoms with E-state index in [9.17, 15) is 22.8 Å². The molecule has 0 atom stereocenters. The van der Waals surface area contributed by atoms with Gasteiger partial charge in [-0.15, -0.1) is 0 Å². The average molecular weight is 366 g/mol. The molecular weight excluding hydrogens is 349 g/mol. The molecule has 0 unspecified atom stereocenters. The van der Waals surface area contributed by atoms with E-state index in [0.29, 0.717) is 25.9 Å². The van der Waals surface area contributed by atoms with E-state index in [0.717, 1.165) is 24.4 Å². The number of nitrogens with one attached hydrogen (secondary N) is 3. The molecule has 3 N–H and O–H groups in total. The number of benzene rings is 1. The fourth-order valence-corrected chi connectivity index (χ4v) is 2.47. The molecule has 1 heterocycles. The molecule has 0 aromatic heterocycles. The summed E-state index contributed by atoms with van der Waals surface area (Å²) in [5.41, 5.74) is -1.43. The Labute approximate surface area is 148 Å². The van der Waals surface area contributed by atoms with Gasteiger partial charge >= 0.3 is 6.18 Å². The number of hydrogen-bond donors (Lipinski definition) is 3. The summed E-state index contributed by atoms with van der Waals surface area (Å²) in [7, 11) is 0. The van der Waals surface area contributed by atoms with Crippen molar-refractivity contribution in [1.82, 2.24) is 10.6 Å². The first-order valence-corrected chi connectivity index (χ1v) is 7.91. The van der Waals surface area contributed by atoms with E-state index >= 15 is 0 Å². The number of rotatable bonds is 4. The molecule has 0 radical (unpaired) electrons. The third-order valence-electron chi connectivity index (χ3n) is 3.88. The van der Waals surface area contributed by atoms with Gasteiger partial charge in [0.25, 0.3) is 5.91 Å². The minimum absolute atomic E-state index is 0.101. The predicted octanol–water partition coefficient (Wildman–Crippen LogP) is 2.17. The number of amides is 2. The van der Waals surface area contributed by atoms with Gasteiger partial charge in [0, 0.05) is 17.8 Å². The molecule has 9 heteroatoms. The van der Waals surface area contributed by atoms with E-state index in [1.807, 2.05) is 0 Å². The minimum atomic E-state index is -4.54. The topological polar surface area (TPSA) is 94.0 Å². The van der Waals surface area contributed by atoms with Gasteiger partial charge in [-0.25, -0.2) is 0 Å². The molecule has 2 amide bonds. The molecule has 138 valence electrons. The number of hydrogen-bond acceptors (Lipinski definition) is 4. The van der Waals surface area contributed by atoms with Crippen molar-refractivity contribution in [3.63, 3.8) is 0 Å².